The Labute approximate surface area is 168 Å². The summed E-state index contributed by atoms with van der Waals surface area (Å²) in [6.07, 6.45) is 10.1. The van der Waals surface area contributed by atoms with E-state index < -0.39 is 0 Å². The highest BCUT2D eigenvalue weighted by atomic mass is 16.2. The van der Waals surface area contributed by atoms with Gasteiger partial charge < -0.3 is 4.90 Å². The molecule has 1 saturated carbocycles. The van der Waals surface area contributed by atoms with Gasteiger partial charge in [-0.25, -0.2) is 0 Å². The predicted octanol–water partition coefficient (Wildman–Crippen LogP) is 4.61. The van der Waals surface area contributed by atoms with Crippen LogP contribution in [0.3, 0.4) is 0 Å². The number of piperidine rings is 1. The van der Waals surface area contributed by atoms with E-state index in [-0.39, 0.29) is 17.9 Å². The van der Waals surface area contributed by atoms with Crippen molar-refractivity contribution in [3.8, 4) is 0 Å². The zero-order valence-corrected chi connectivity index (χ0v) is 17.0. The summed E-state index contributed by atoms with van der Waals surface area (Å²) in [7, 11) is 0. The van der Waals surface area contributed by atoms with Crippen molar-refractivity contribution < 1.29 is 9.59 Å². The summed E-state index contributed by atoms with van der Waals surface area (Å²) in [5.74, 6) is 0.426. The van der Waals surface area contributed by atoms with Gasteiger partial charge in [0.05, 0.1) is 5.57 Å². The topological polar surface area (TPSA) is 40.6 Å². The van der Waals surface area contributed by atoms with Crippen molar-refractivity contribution in [3.63, 3.8) is 0 Å². The molecule has 2 amide bonds. The summed E-state index contributed by atoms with van der Waals surface area (Å²) in [6.45, 7) is 3.97. The standard InChI is InChI=1S/C24H32N2O2/c1-18-11-10-16-25(17-18)22-21(19-12-6-5-7-13-19)23(27)26(24(22)28)20-14-8-3-2-4-9-15-20/h5-7,12-13,18,20H,2-4,8-11,14-17H2,1H3. The fourth-order valence-corrected chi connectivity index (χ4v) is 5.11. The number of likely N-dealkylation sites (tertiary alicyclic amines) is 1. The fourth-order valence-electron chi connectivity index (χ4n) is 5.11. The van der Waals surface area contributed by atoms with Crippen molar-refractivity contribution in [3.05, 3.63) is 41.6 Å². The van der Waals surface area contributed by atoms with Crippen molar-refractivity contribution in [1.82, 2.24) is 9.80 Å². The SMILES string of the molecule is CC1CCCN(C2=C(c3ccccc3)C(=O)N(C3CCCCCCC3)C2=O)C1. The first-order valence-electron chi connectivity index (χ1n) is 11.1. The average molecular weight is 381 g/mol. The number of hydrogen-bond donors (Lipinski definition) is 0. The molecule has 2 aliphatic heterocycles. The smallest absolute Gasteiger partial charge is 0.278 e. The van der Waals surface area contributed by atoms with E-state index in [1.807, 2.05) is 30.3 Å². The summed E-state index contributed by atoms with van der Waals surface area (Å²) in [5.41, 5.74) is 2.16. The summed E-state index contributed by atoms with van der Waals surface area (Å²) < 4.78 is 0. The minimum atomic E-state index is -0.0741. The molecule has 1 saturated heterocycles. The van der Waals surface area contributed by atoms with Crippen LogP contribution in [0.4, 0.5) is 0 Å². The quantitative estimate of drug-likeness (QED) is 0.719. The molecule has 1 atom stereocenters. The first kappa shape index (κ1) is 19.2. The molecular formula is C24H32N2O2. The van der Waals surface area contributed by atoms with Gasteiger partial charge in [-0.3, -0.25) is 14.5 Å². The Morgan fingerprint density at radius 3 is 2.18 bits per heavy atom. The molecule has 0 bridgehead atoms. The van der Waals surface area contributed by atoms with Crippen LogP contribution in [-0.2, 0) is 9.59 Å². The van der Waals surface area contributed by atoms with Gasteiger partial charge in [0.15, 0.2) is 0 Å². The summed E-state index contributed by atoms with van der Waals surface area (Å²) >= 11 is 0. The van der Waals surface area contributed by atoms with Crippen LogP contribution in [0.5, 0.6) is 0 Å². The number of hydrogen-bond acceptors (Lipinski definition) is 3. The van der Waals surface area contributed by atoms with Gasteiger partial charge >= 0.3 is 0 Å². The molecule has 28 heavy (non-hydrogen) atoms. The van der Waals surface area contributed by atoms with Crippen LogP contribution in [-0.4, -0.2) is 40.7 Å². The highest BCUT2D eigenvalue weighted by Gasteiger charge is 2.44. The van der Waals surface area contributed by atoms with Crippen molar-refractivity contribution >= 4 is 17.4 Å². The number of carbonyl (C=O) groups excluding carboxylic acids is 2. The molecule has 1 unspecified atom stereocenters. The maximum Gasteiger partial charge on any atom is 0.278 e. The molecule has 4 heteroatoms. The van der Waals surface area contributed by atoms with Gasteiger partial charge in [0.2, 0.25) is 0 Å². The molecule has 0 spiro atoms. The predicted molar refractivity (Wildman–Crippen MR) is 111 cm³/mol. The van der Waals surface area contributed by atoms with E-state index in [2.05, 4.69) is 11.8 Å². The number of rotatable bonds is 3. The van der Waals surface area contributed by atoms with Crippen LogP contribution in [0.15, 0.2) is 36.0 Å². The molecule has 1 aromatic rings. The Balaban J connectivity index is 1.70. The second-order valence-electron chi connectivity index (χ2n) is 8.76. The van der Waals surface area contributed by atoms with Gasteiger partial charge in [-0.1, -0.05) is 69.4 Å². The molecule has 0 N–H and O–H groups in total. The Morgan fingerprint density at radius 1 is 0.821 bits per heavy atom. The lowest BCUT2D eigenvalue weighted by Gasteiger charge is -2.34. The molecular weight excluding hydrogens is 348 g/mol. The third-order valence-corrected chi connectivity index (χ3v) is 6.57. The van der Waals surface area contributed by atoms with E-state index >= 15 is 0 Å². The van der Waals surface area contributed by atoms with Crippen LogP contribution in [0.1, 0.15) is 70.3 Å². The maximum atomic E-state index is 13.6. The van der Waals surface area contributed by atoms with Gasteiger partial charge in [0, 0.05) is 19.1 Å². The number of imide groups is 1. The van der Waals surface area contributed by atoms with E-state index in [4.69, 9.17) is 0 Å². The summed E-state index contributed by atoms with van der Waals surface area (Å²) in [6, 6.07) is 9.86. The monoisotopic (exact) mass is 380 g/mol. The van der Waals surface area contributed by atoms with Crippen molar-refractivity contribution in [1.29, 1.82) is 0 Å². The van der Waals surface area contributed by atoms with Gasteiger partial charge in [0.1, 0.15) is 5.70 Å². The van der Waals surface area contributed by atoms with Crippen LogP contribution in [0, 0.1) is 5.92 Å². The van der Waals surface area contributed by atoms with Crippen molar-refractivity contribution in [2.75, 3.05) is 13.1 Å². The van der Waals surface area contributed by atoms with Crippen LogP contribution in [0.25, 0.3) is 5.57 Å². The zero-order chi connectivity index (χ0) is 19.5. The lowest BCUT2D eigenvalue weighted by Crippen LogP contribution is -2.44. The van der Waals surface area contributed by atoms with E-state index in [0.717, 1.165) is 50.8 Å². The second-order valence-corrected chi connectivity index (χ2v) is 8.76. The molecule has 2 heterocycles. The zero-order valence-electron chi connectivity index (χ0n) is 17.0. The Hall–Kier alpha value is -2.10. The Bertz CT molecular complexity index is 747. The molecule has 1 aliphatic carbocycles. The first-order valence-corrected chi connectivity index (χ1v) is 11.1. The van der Waals surface area contributed by atoms with Gasteiger partial charge in [0.25, 0.3) is 11.8 Å². The second kappa shape index (κ2) is 8.50. The lowest BCUT2D eigenvalue weighted by atomic mass is 9.95. The van der Waals surface area contributed by atoms with Gasteiger partial charge in [-0.15, -0.1) is 0 Å². The van der Waals surface area contributed by atoms with E-state index in [9.17, 15) is 9.59 Å². The van der Waals surface area contributed by atoms with E-state index in [0.29, 0.717) is 17.2 Å². The molecule has 4 nitrogen and oxygen atoms in total. The number of benzene rings is 1. The molecule has 1 aromatic carbocycles. The molecule has 0 aromatic heterocycles. The first-order chi connectivity index (χ1) is 13.7. The fraction of sp³-hybridized carbons (Fsp3) is 0.583. The van der Waals surface area contributed by atoms with Crippen molar-refractivity contribution in [2.45, 2.75) is 70.8 Å². The molecule has 2 fully saturated rings. The Kier molecular flexibility index (Phi) is 5.84. The van der Waals surface area contributed by atoms with E-state index in [1.165, 1.54) is 25.7 Å². The number of nitrogens with zero attached hydrogens (tertiary/aromatic N) is 2. The number of amides is 2. The molecule has 150 valence electrons. The van der Waals surface area contributed by atoms with Gasteiger partial charge in [-0.2, -0.15) is 0 Å². The normalized spacial score (nSPS) is 25.2. The van der Waals surface area contributed by atoms with E-state index in [1.54, 1.807) is 4.90 Å². The number of carbonyl (C=O) groups is 2. The van der Waals surface area contributed by atoms with Crippen LogP contribution in [0.2, 0.25) is 0 Å². The van der Waals surface area contributed by atoms with Crippen molar-refractivity contribution in [2.24, 2.45) is 5.92 Å². The maximum absolute atomic E-state index is 13.6. The largest absolute Gasteiger partial charge is 0.366 e. The Morgan fingerprint density at radius 2 is 1.50 bits per heavy atom. The third kappa shape index (κ3) is 3.74. The molecule has 0 radical (unpaired) electrons. The molecule has 3 aliphatic rings. The third-order valence-electron chi connectivity index (χ3n) is 6.57. The van der Waals surface area contributed by atoms with Crippen LogP contribution < -0.4 is 0 Å². The minimum absolute atomic E-state index is 0.0523. The highest BCUT2D eigenvalue weighted by Crippen LogP contribution is 2.37. The average Bonchev–Trinajstić information content (AvgIpc) is 2.93. The highest BCUT2D eigenvalue weighted by molar-refractivity contribution is 6.35. The summed E-state index contributed by atoms with van der Waals surface area (Å²) in [4.78, 5) is 31.0. The van der Waals surface area contributed by atoms with Crippen LogP contribution >= 0.6 is 0 Å². The summed E-state index contributed by atoms with van der Waals surface area (Å²) in [5, 5.41) is 0. The molecule has 4 rings (SSSR count). The minimum Gasteiger partial charge on any atom is -0.366 e. The lowest BCUT2D eigenvalue weighted by molar-refractivity contribution is -0.140. The van der Waals surface area contributed by atoms with Gasteiger partial charge in [-0.05, 0) is 37.2 Å².